The van der Waals surface area contributed by atoms with E-state index >= 15 is 0 Å². The largest absolute Gasteiger partial charge is 0.508 e. The van der Waals surface area contributed by atoms with Crippen LogP contribution in [0, 0.1) is 0 Å². The van der Waals surface area contributed by atoms with E-state index in [4.69, 9.17) is 0 Å². The quantitative estimate of drug-likeness (QED) is 0.805. The molecule has 1 aromatic carbocycles. The van der Waals surface area contributed by atoms with Gasteiger partial charge in [0.2, 0.25) is 5.91 Å². The van der Waals surface area contributed by atoms with Crippen molar-refractivity contribution in [3.8, 4) is 5.75 Å². The van der Waals surface area contributed by atoms with Gasteiger partial charge in [-0.15, -0.1) is 0 Å². The van der Waals surface area contributed by atoms with Gasteiger partial charge in [-0.2, -0.15) is 0 Å². The number of nitrogens with zero attached hydrogens (tertiary/aromatic N) is 1. The summed E-state index contributed by atoms with van der Waals surface area (Å²) in [7, 11) is 0. The lowest BCUT2D eigenvalue weighted by Crippen LogP contribution is -2.41. The number of amides is 1. The van der Waals surface area contributed by atoms with Crippen LogP contribution in [0.3, 0.4) is 0 Å². The molecule has 1 aliphatic heterocycles. The molecule has 1 unspecified atom stereocenters. The smallest absolute Gasteiger partial charge is 0.239 e. The SMILES string of the molecule is CC1NCCCN(Cc2ccccc2O)C1=O. The summed E-state index contributed by atoms with van der Waals surface area (Å²) in [5.41, 5.74) is 0.801. The maximum atomic E-state index is 12.0. The summed E-state index contributed by atoms with van der Waals surface area (Å²) in [5.74, 6) is 0.357. The van der Waals surface area contributed by atoms with E-state index in [2.05, 4.69) is 5.32 Å². The summed E-state index contributed by atoms with van der Waals surface area (Å²) in [6.45, 7) is 3.97. The first-order valence-electron chi connectivity index (χ1n) is 5.97. The van der Waals surface area contributed by atoms with Gasteiger partial charge >= 0.3 is 0 Å². The van der Waals surface area contributed by atoms with Crippen LogP contribution in [0.2, 0.25) is 0 Å². The first-order valence-corrected chi connectivity index (χ1v) is 5.97. The van der Waals surface area contributed by atoms with Crippen LogP contribution >= 0.6 is 0 Å². The number of hydrogen-bond donors (Lipinski definition) is 2. The van der Waals surface area contributed by atoms with Crippen molar-refractivity contribution in [1.82, 2.24) is 10.2 Å². The van der Waals surface area contributed by atoms with E-state index < -0.39 is 0 Å². The van der Waals surface area contributed by atoms with Gasteiger partial charge in [-0.1, -0.05) is 18.2 Å². The molecule has 4 nitrogen and oxygen atoms in total. The summed E-state index contributed by atoms with van der Waals surface area (Å²) in [5, 5.41) is 12.9. The molecule has 0 saturated carbocycles. The second kappa shape index (κ2) is 5.19. The molecule has 0 bridgehead atoms. The number of para-hydroxylation sites is 1. The fourth-order valence-corrected chi connectivity index (χ4v) is 2.07. The Balaban J connectivity index is 2.12. The molecule has 0 aromatic heterocycles. The zero-order chi connectivity index (χ0) is 12.3. The number of hydrogen-bond acceptors (Lipinski definition) is 3. The van der Waals surface area contributed by atoms with Gasteiger partial charge in [-0.05, 0) is 26.0 Å². The average molecular weight is 234 g/mol. The Morgan fingerprint density at radius 2 is 2.24 bits per heavy atom. The van der Waals surface area contributed by atoms with Crippen LogP contribution in [-0.2, 0) is 11.3 Å². The molecule has 1 atom stereocenters. The summed E-state index contributed by atoms with van der Waals surface area (Å²) in [6.07, 6.45) is 0.948. The lowest BCUT2D eigenvalue weighted by molar-refractivity contribution is -0.132. The Morgan fingerprint density at radius 3 is 3.00 bits per heavy atom. The summed E-state index contributed by atoms with van der Waals surface area (Å²) >= 11 is 0. The highest BCUT2D eigenvalue weighted by atomic mass is 16.3. The molecule has 1 amide bonds. The first kappa shape index (κ1) is 11.9. The van der Waals surface area contributed by atoms with Crippen LogP contribution in [0.15, 0.2) is 24.3 Å². The fourth-order valence-electron chi connectivity index (χ4n) is 2.07. The third kappa shape index (κ3) is 2.77. The Morgan fingerprint density at radius 1 is 1.47 bits per heavy atom. The van der Waals surface area contributed by atoms with Gasteiger partial charge in [0, 0.05) is 18.7 Å². The van der Waals surface area contributed by atoms with E-state index in [1.165, 1.54) is 0 Å². The molecule has 1 fully saturated rings. The van der Waals surface area contributed by atoms with Crippen LogP contribution in [0.4, 0.5) is 0 Å². The third-order valence-electron chi connectivity index (χ3n) is 3.09. The monoisotopic (exact) mass is 234 g/mol. The van der Waals surface area contributed by atoms with Crippen LogP contribution in [0.25, 0.3) is 0 Å². The predicted octanol–water partition coefficient (Wildman–Crippen LogP) is 1.10. The average Bonchev–Trinajstić information content (AvgIpc) is 2.47. The molecule has 0 radical (unpaired) electrons. The Bertz CT molecular complexity index is 406. The van der Waals surface area contributed by atoms with Crippen molar-refractivity contribution in [1.29, 1.82) is 0 Å². The number of phenolic OH excluding ortho intramolecular Hbond substituents is 1. The fraction of sp³-hybridized carbons (Fsp3) is 0.462. The van der Waals surface area contributed by atoms with Crippen molar-refractivity contribution >= 4 is 5.91 Å². The number of aromatic hydroxyl groups is 1. The highest BCUT2D eigenvalue weighted by molar-refractivity contribution is 5.81. The molecule has 1 aromatic rings. The first-order chi connectivity index (χ1) is 8.18. The number of nitrogens with one attached hydrogen (secondary N) is 1. The van der Waals surface area contributed by atoms with Crippen LogP contribution < -0.4 is 5.32 Å². The van der Waals surface area contributed by atoms with Gasteiger partial charge in [0.15, 0.2) is 0 Å². The molecule has 1 heterocycles. The van der Waals surface area contributed by atoms with Gasteiger partial charge in [0.1, 0.15) is 5.75 Å². The number of rotatable bonds is 2. The van der Waals surface area contributed by atoms with E-state index in [-0.39, 0.29) is 17.7 Å². The maximum absolute atomic E-state index is 12.0. The molecule has 0 aliphatic carbocycles. The number of phenols is 1. The molecule has 2 rings (SSSR count). The predicted molar refractivity (Wildman–Crippen MR) is 65.6 cm³/mol. The molecule has 1 aliphatic rings. The van der Waals surface area contributed by atoms with Crippen molar-refractivity contribution in [3.63, 3.8) is 0 Å². The van der Waals surface area contributed by atoms with Gasteiger partial charge in [0.05, 0.1) is 6.04 Å². The number of benzene rings is 1. The molecule has 2 N–H and O–H groups in total. The van der Waals surface area contributed by atoms with Crippen molar-refractivity contribution in [2.45, 2.75) is 25.9 Å². The second-order valence-electron chi connectivity index (χ2n) is 4.42. The van der Waals surface area contributed by atoms with Crippen molar-refractivity contribution in [3.05, 3.63) is 29.8 Å². The zero-order valence-electron chi connectivity index (χ0n) is 10.0. The van der Waals surface area contributed by atoms with Gasteiger partial charge in [-0.3, -0.25) is 4.79 Å². The standard InChI is InChI=1S/C13H18N2O2/c1-10-13(17)15(8-4-7-14-10)9-11-5-2-3-6-12(11)16/h2-3,5-6,10,14,16H,4,7-9H2,1H3. The second-order valence-corrected chi connectivity index (χ2v) is 4.42. The van der Waals surface area contributed by atoms with E-state index in [0.29, 0.717) is 6.54 Å². The van der Waals surface area contributed by atoms with Crippen molar-refractivity contribution in [2.75, 3.05) is 13.1 Å². The van der Waals surface area contributed by atoms with Gasteiger partial charge in [0.25, 0.3) is 0 Å². The molecular formula is C13H18N2O2. The van der Waals surface area contributed by atoms with E-state index in [9.17, 15) is 9.90 Å². The van der Waals surface area contributed by atoms with Crippen LogP contribution in [0.5, 0.6) is 5.75 Å². The van der Waals surface area contributed by atoms with E-state index in [1.54, 1.807) is 17.0 Å². The molecule has 4 heteroatoms. The molecule has 92 valence electrons. The third-order valence-corrected chi connectivity index (χ3v) is 3.09. The van der Waals surface area contributed by atoms with Crippen molar-refractivity contribution in [2.24, 2.45) is 0 Å². The van der Waals surface area contributed by atoms with Crippen LogP contribution in [0.1, 0.15) is 18.9 Å². The lowest BCUT2D eigenvalue weighted by Gasteiger charge is -2.23. The minimum atomic E-state index is -0.136. The Labute approximate surface area is 101 Å². The minimum Gasteiger partial charge on any atom is -0.508 e. The summed E-state index contributed by atoms with van der Waals surface area (Å²) in [6, 6.07) is 7.03. The van der Waals surface area contributed by atoms with E-state index in [1.807, 2.05) is 19.1 Å². The minimum absolute atomic E-state index is 0.103. The maximum Gasteiger partial charge on any atom is 0.239 e. The molecular weight excluding hydrogens is 216 g/mol. The topological polar surface area (TPSA) is 52.6 Å². The number of carbonyl (C=O) groups is 1. The zero-order valence-corrected chi connectivity index (χ0v) is 10.0. The van der Waals surface area contributed by atoms with Crippen LogP contribution in [-0.4, -0.2) is 35.0 Å². The van der Waals surface area contributed by atoms with Gasteiger partial charge < -0.3 is 15.3 Å². The molecule has 17 heavy (non-hydrogen) atoms. The highest BCUT2D eigenvalue weighted by Gasteiger charge is 2.23. The van der Waals surface area contributed by atoms with E-state index in [0.717, 1.165) is 25.1 Å². The lowest BCUT2D eigenvalue weighted by atomic mass is 10.1. The Hall–Kier alpha value is -1.55. The normalized spacial score (nSPS) is 21.4. The molecule has 1 saturated heterocycles. The van der Waals surface area contributed by atoms with Gasteiger partial charge in [-0.25, -0.2) is 0 Å². The number of carbonyl (C=O) groups excluding carboxylic acids is 1. The summed E-state index contributed by atoms with van der Waals surface area (Å²) < 4.78 is 0. The molecule has 0 spiro atoms. The Kier molecular flexibility index (Phi) is 3.64. The highest BCUT2D eigenvalue weighted by Crippen LogP contribution is 2.18. The van der Waals surface area contributed by atoms with Crippen molar-refractivity contribution < 1.29 is 9.90 Å². The summed E-state index contributed by atoms with van der Waals surface area (Å²) in [4.78, 5) is 13.8.